The van der Waals surface area contributed by atoms with Crippen molar-refractivity contribution < 1.29 is 17.9 Å². The Morgan fingerprint density at radius 2 is 1.50 bits per heavy atom. The zero-order chi connectivity index (χ0) is 12.3. The Morgan fingerprint density at radius 1 is 0.938 bits per heavy atom. The zero-order valence-electron chi connectivity index (χ0n) is 9.98. The van der Waals surface area contributed by atoms with Gasteiger partial charge in [0, 0.05) is 13.2 Å². The Bertz CT molecular complexity index is 241. The lowest BCUT2D eigenvalue weighted by molar-refractivity contribution is 0.0458. The minimum Gasteiger partial charge on any atom is -0.379 e. The third-order valence-corrected chi connectivity index (χ3v) is 2.84. The molecule has 0 amide bonds. The molecule has 0 aliphatic carbocycles. The van der Waals surface area contributed by atoms with Crippen LogP contribution in [0.3, 0.4) is 0 Å². The second kappa shape index (κ2) is 10.0. The lowest BCUT2D eigenvalue weighted by atomic mass is 10.4. The van der Waals surface area contributed by atoms with E-state index in [0.29, 0.717) is 32.7 Å². The number of ether oxygens (including phenoxy) is 2. The van der Waals surface area contributed by atoms with Crippen LogP contribution in [-0.4, -0.2) is 40.6 Å². The van der Waals surface area contributed by atoms with Crippen molar-refractivity contribution in [2.75, 3.05) is 32.2 Å². The van der Waals surface area contributed by atoms with Crippen LogP contribution >= 0.6 is 0 Å². The number of primary sulfonamides is 1. The van der Waals surface area contributed by atoms with Crippen LogP contribution in [0.5, 0.6) is 0 Å². The van der Waals surface area contributed by atoms with Crippen LogP contribution in [0.15, 0.2) is 0 Å². The first-order valence-corrected chi connectivity index (χ1v) is 7.43. The second-order valence-electron chi connectivity index (χ2n) is 3.65. The third-order valence-electron chi connectivity index (χ3n) is 1.98. The molecule has 0 saturated carbocycles. The minimum atomic E-state index is -3.31. The molecule has 2 N–H and O–H groups in total. The number of hydrogen-bond acceptors (Lipinski definition) is 4. The Labute approximate surface area is 98.4 Å². The van der Waals surface area contributed by atoms with Crippen molar-refractivity contribution in [2.24, 2.45) is 5.14 Å². The molecule has 0 aromatic rings. The van der Waals surface area contributed by atoms with Crippen LogP contribution in [-0.2, 0) is 19.5 Å². The van der Waals surface area contributed by atoms with E-state index in [1.54, 1.807) is 0 Å². The van der Waals surface area contributed by atoms with Gasteiger partial charge in [-0.25, -0.2) is 13.6 Å². The molecule has 0 atom stereocenters. The van der Waals surface area contributed by atoms with Gasteiger partial charge in [-0.05, 0) is 19.3 Å². The lowest BCUT2D eigenvalue weighted by Gasteiger charge is -2.05. The summed E-state index contributed by atoms with van der Waals surface area (Å²) in [4.78, 5) is 0. The van der Waals surface area contributed by atoms with Gasteiger partial charge in [-0.3, -0.25) is 0 Å². The molecular formula is C10H23NO4S. The average Bonchev–Trinajstić information content (AvgIpc) is 2.19. The summed E-state index contributed by atoms with van der Waals surface area (Å²) in [5, 5.41) is 4.86. The Kier molecular flexibility index (Phi) is 9.91. The summed E-state index contributed by atoms with van der Waals surface area (Å²) in [6, 6.07) is 0. The Morgan fingerprint density at radius 3 is 2.00 bits per heavy atom. The summed E-state index contributed by atoms with van der Waals surface area (Å²) in [6.45, 7) is 4.64. The van der Waals surface area contributed by atoms with Crippen molar-refractivity contribution in [2.45, 2.75) is 32.6 Å². The molecule has 0 radical (unpaired) electrons. The average molecular weight is 253 g/mol. The predicted octanol–water partition coefficient (Wildman–Crippen LogP) is 0.888. The second-order valence-corrected chi connectivity index (χ2v) is 5.39. The van der Waals surface area contributed by atoms with Crippen LogP contribution in [0.2, 0.25) is 0 Å². The molecule has 0 rings (SSSR count). The molecule has 0 aliphatic heterocycles. The van der Waals surface area contributed by atoms with Gasteiger partial charge in [0.1, 0.15) is 0 Å². The van der Waals surface area contributed by atoms with Gasteiger partial charge in [0.25, 0.3) is 0 Å². The van der Waals surface area contributed by atoms with Crippen molar-refractivity contribution in [3.05, 3.63) is 0 Å². The van der Waals surface area contributed by atoms with Crippen LogP contribution < -0.4 is 5.14 Å². The topological polar surface area (TPSA) is 78.6 Å². The first-order valence-electron chi connectivity index (χ1n) is 5.72. The molecule has 0 aliphatic rings. The third kappa shape index (κ3) is 13.8. The SMILES string of the molecule is CCCCOCCOCCCCS(N)(=O)=O. The van der Waals surface area contributed by atoms with Gasteiger partial charge in [0.15, 0.2) is 0 Å². The fraction of sp³-hybridized carbons (Fsp3) is 1.00. The number of rotatable bonds is 11. The lowest BCUT2D eigenvalue weighted by Crippen LogP contribution is -2.16. The number of sulfonamides is 1. The molecular weight excluding hydrogens is 230 g/mol. The first-order chi connectivity index (χ1) is 7.56. The summed E-state index contributed by atoms with van der Waals surface area (Å²) >= 11 is 0. The molecule has 0 heterocycles. The Hall–Kier alpha value is -0.170. The van der Waals surface area contributed by atoms with E-state index in [9.17, 15) is 8.42 Å². The number of unbranched alkanes of at least 4 members (excludes halogenated alkanes) is 2. The van der Waals surface area contributed by atoms with E-state index >= 15 is 0 Å². The largest absolute Gasteiger partial charge is 0.379 e. The standard InChI is InChI=1S/C10H23NO4S/c1-2-3-6-14-8-9-15-7-4-5-10-16(11,12)13/h2-10H2,1H3,(H2,11,12,13). The molecule has 0 aromatic carbocycles. The molecule has 5 nitrogen and oxygen atoms in total. The van der Waals surface area contributed by atoms with Crippen LogP contribution in [0.1, 0.15) is 32.6 Å². The van der Waals surface area contributed by atoms with E-state index in [4.69, 9.17) is 14.6 Å². The van der Waals surface area contributed by atoms with E-state index < -0.39 is 10.0 Å². The van der Waals surface area contributed by atoms with Crippen molar-refractivity contribution in [1.29, 1.82) is 0 Å². The van der Waals surface area contributed by atoms with Crippen molar-refractivity contribution >= 4 is 10.0 Å². The fourth-order valence-electron chi connectivity index (χ4n) is 1.08. The van der Waals surface area contributed by atoms with Gasteiger partial charge >= 0.3 is 0 Å². The highest BCUT2D eigenvalue weighted by Crippen LogP contribution is 1.93. The highest BCUT2D eigenvalue weighted by atomic mass is 32.2. The molecule has 6 heteroatoms. The summed E-state index contributed by atoms with van der Waals surface area (Å²) in [7, 11) is -3.31. The van der Waals surface area contributed by atoms with Gasteiger partial charge in [0.2, 0.25) is 10.0 Å². The molecule has 0 saturated heterocycles. The summed E-state index contributed by atoms with van der Waals surface area (Å²) in [5.74, 6) is 0.0311. The molecule has 0 spiro atoms. The zero-order valence-corrected chi connectivity index (χ0v) is 10.8. The number of hydrogen-bond donors (Lipinski definition) is 1. The van der Waals surface area contributed by atoms with Gasteiger partial charge in [-0.15, -0.1) is 0 Å². The predicted molar refractivity (Wildman–Crippen MR) is 63.8 cm³/mol. The smallest absolute Gasteiger partial charge is 0.209 e. The van der Waals surface area contributed by atoms with Gasteiger partial charge in [-0.2, -0.15) is 0 Å². The van der Waals surface area contributed by atoms with Crippen LogP contribution in [0.4, 0.5) is 0 Å². The fourth-order valence-corrected chi connectivity index (χ4v) is 1.68. The summed E-state index contributed by atoms with van der Waals surface area (Å²) < 4.78 is 31.7. The first kappa shape index (κ1) is 15.8. The minimum absolute atomic E-state index is 0.0311. The number of nitrogens with two attached hydrogens (primary N) is 1. The molecule has 0 fully saturated rings. The van der Waals surface area contributed by atoms with Crippen LogP contribution in [0.25, 0.3) is 0 Å². The van der Waals surface area contributed by atoms with Crippen LogP contribution in [0, 0.1) is 0 Å². The van der Waals surface area contributed by atoms with Gasteiger partial charge < -0.3 is 9.47 Å². The molecule has 0 bridgehead atoms. The molecule has 98 valence electrons. The van der Waals surface area contributed by atoms with E-state index in [0.717, 1.165) is 19.4 Å². The maximum absolute atomic E-state index is 10.6. The van der Waals surface area contributed by atoms with Gasteiger partial charge in [0.05, 0.1) is 19.0 Å². The van der Waals surface area contributed by atoms with Crippen molar-refractivity contribution in [3.8, 4) is 0 Å². The summed E-state index contributed by atoms with van der Waals surface area (Å²) in [6.07, 6.45) is 3.48. The molecule has 16 heavy (non-hydrogen) atoms. The molecule has 0 aromatic heterocycles. The summed E-state index contributed by atoms with van der Waals surface area (Å²) in [5.41, 5.74) is 0. The normalized spacial score (nSPS) is 11.9. The van der Waals surface area contributed by atoms with E-state index in [1.165, 1.54) is 0 Å². The van der Waals surface area contributed by atoms with E-state index in [2.05, 4.69) is 6.92 Å². The monoisotopic (exact) mass is 253 g/mol. The Balaban J connectivity index is 3.05. The quantitative estimate of drug-likeness (QED) is 0.555. The van der Waals surface area contributed by atoms with Crippen molar-refractivity contribution in [1.82, 2.24) is 0 Å². The van der Waals surface area contributed by atoms with Gasteiger partial charge in [-0.1, -0.05) is 13.3 Å². The maximum atomic E-state index is 10.6. The highest BCUT2D eigenvalue weighted by molar-refractivity contribution is 7.89. The molecule has 0 unspecified atom stereocenters. The van der Waals surface area contributed by atoms with E-state index in [-0.39, 0.29) is 5.75 Å². The highest BCUT2D eigenvalue weighted by Gasteiger charge is 2.01. The maximum Gasteiger partial charge on any atom is 0.209 e. The van der Waals surface area contributed by atoms with Crippen molar-refractivity contribution in [3.63, 3.8) is 0 Å². The van der Waals surface area contributed by atoms with E-state index in [1.807, 2.05) is 0 Å².